The highest BCUT2D eigenvalue weighted by Crippen LogP contribution is 2.33. The van der Waals surface area contributed by atoms with Crippen LogP contribution >= 0.6 is 0 Å². The predicted molar refractivity (Wildman–Crippen MR) is 92.1 cm³/mol. The van der Waals surface area contributed by atoms with Gasteiger partial charge >= 0.3 is 0 Å². The number of allylic oxidation sites excluding steroid dienone is 1. The largest absolute Gasteiger partial charge is 0.303 e. The number of nitrogens with two attached hydrogens (primary N) is 1. The van der Waals surface area contributed by atoms with Crippen molar-refractivity contribution < 1.29 is 9.59 Å². The molecule has 0 bridgehead atoms. The van der Waals surface area contributed by atoms with Crippen molar-refractivity contribution in [3.63, 3.8) is 0 Å². The number of amides is 1. The van der Waals surface area contributed by atoms with Gasteiger partial charge in [-0.1, -0.05) is 65.4 Å². The number of carbonyl (C=O) groups excluding carboxylic acids is 2. The highest BCUT2D eigenvalue weighted by atomic mass is 16.2. The second kappa shape index (κ2) is 12.4. The first-order valence-electron chi connectivity index (χ1n) is 8.64. The predicted octanol–water partition coefficient (Wildman–Crippen LogP) is 4.05. The molecule has 3 N–H and O–H groups in total. The van der Waals surface area contributed by atoms with E-state index >= 15 is 0 Å². The lowest BCUT2D eigenvalue weighted by atomic mass is 9.78. The van der Waals surface area contributed by atoms with E-state index in [9.17, 15) is 9.59 Å². The molecule has 4 heteroatoms. The number of carbonyl (C=O) groups is 2. The third-order valence-corrected chi connectivity index (χ3v) is 4.12. The third-order valence-electron chi connectivity index (χ3n) is 4.12. The zero-order valence-electron chi connectivity index (χ0n) is 14.6. The topological polar surface area (TPSA) is 72.2 Å². The van der Waals surface area contributed by atoms with Crippen molar-refractivity contribution >= 4 is 12.2 Å². The normalized spacial score (nSPS) is 12.3. The Kier molecular flexibility index (Phi) is 11.7. The first kappa shape index (κ1) is 20.8. The van der Waals surface area contributed by atoms with Crippen LogP contribution in [0.4, 0.5) is 0 Å². The average molecular weight is 310 g/mol. The molecule has 22 heavy (non-hydrogen) atoms. The van der Waals surface area contributed by atoms with Crippen LogP contribution in [0.2, 0.25) is 0 Å². The van der Waals surface area contributed by atoms with E-state index in [1.54, 1.807) is 0 Å². The van der Waals surface area contributed by atoms with Gasteiger partial charge in [0, 0.05) is 12.0 Å². The molecule has 0 saturated heterocycles. The Morgan fingerprint density at radius 3 is 2.18 bits per heavy atom. The van der Waals surface area contributed by atoms with Crippen LogP contribution in [0.15, 0.2) is 11.6 Å². The van der Waals surface area contributed by atoms with Gasteiger partial charge in [-0.3, -0.25) is 10.2 Å². The van der Waals surface area contributed by atoms with Crippen LogP contribution < -0.4 is 11.3 Å². The molecule has 0 aromatic rings. The fourth-order valence-electron chi connectivity index (χ4n) is 2.68. The lowest BCUT2D eigenvalue weighted by Gasteiger charge is -2.27. The van der Waals surface area contributed by atoms with E-state index in [0.29, 0.717) is 6.42 Å². The first-order valence-corrected chi connectivity index (χ1v) is 8.64. The van der Waals surface area contributed by atoms with Gasteiger partial charge in [-0.15, -0.1) is 0 Å². The van der Waals surface area contributed by atoms with Gasteiger partial charge < -0.3 is 4.79 Å². The van der Waals surface area contributed by atoms with Crippen molar-refractivity contribution in [2.24, 2.45) is 11.3 Å². The second-order valence-corrected chi connectivity index (χ2v) is 6.59. The monoisotopic (exact) mass is 310 g/mol. The van der Waals surface area contributed by atoms with Gasteiger partial charge in [-0.25, -0.2) is 5.84 Å². The molecule has 0 aromatic carbocycles. The van der Waals surface area contributed by atoms with E-state index in [0.717, 1.165) is 50.4 Å². The molecular weight excluding hydrogens is 276 g/mol. The van der Waals surface area contributed by atoms with Gasteiger partial charge in [-0.2, -0.15) is 0 Å². The molecule has 1 amide bonds. The maximum atomic E-state index is 12.0. The highest BCUT2D eigenvalue weighted by Gasteiger charge is 2.27. The van der Waals surface area contributed by atoms with Gasteiger partial charge in [0.05, 0.1) is 0 Å². The van der Waals surface area contributed by atoms with E-state index in [4.69, 9.17) is 5.84 Å². The Balaban J connectivity index is 4.18. The molecular formula is C18H34N2O2. The van der Waals surface area contributed by atoms with Gasteiger partial charge in [0.2, 0.25) is 0 Å². The Hall–Kier alpha value is -1.16. The summed E-state index contributed by atoms with van der Waals surface area (Å²) >= 11 is 0. The van der Waals surface area contributed by atoms with E-state index in [1.807, 2.05) is 6.08 Å². The van der Waals surface area contributed by atoms with Gasteiger partial charge in [-0.05, 0) is 24.7 Å². The quantitative estimate of drug-likeness (QED) is 0.135. The summed E-state index contributed by atoms with van der Waals surface area (Å²) < 4.78 is 0. The van der Waals surface area contributed by atoms with E-state index in [-0.39, 0.29) is 11.3 Å². The van der Waals surface area contributed by atoms with Crippen molar-refractivity contribution in [1.29, 1.82) is 0 Å². The Bertz CT molecular complexity index is 349. The summed E-state index contributed by atoms with van der Waals surface area (Å²) in [6, 6.07) is 0. The number of hydrogen-bond donors (Lipinski definition) is 2. The van der Waals surface area contributed by atoms with Crippen LogP contribution in [0, 0.1) is 5.41 Å². The SMILES string of the molecule is CCCC=C(C(=O)NN)C(C)(C)CCCCCCCCC=O. The third kappa shape index (κ3) is 8.98. The van der Waals surface area contributed by atoms with Gasteiger partial charge in [0.15, 0.2) is 0 Å². The second-order valence-electron chi connectivity index (χ2n) is 6.59. The van der Waals surface area contributed by atoms with Crippen molar-refractivity contribution in [2.45, 2.75) is 85.0 Å². The molecule has 0 radical (unpaired) electrons. The lowest BCUT2D eigenvalue weighted by Crippen LogP contribution is -2.36. The Morgan fingerprint density at radius 2 is 1.64 bits per heavy atom. The summed E-state index contributed by atoms with van der Waals surface area (Å²) in [7, 11) is 0. The highest BCUT2D eigenvalue weighted by molar-refractivity contribution is 5.94. The first-order chi connectivity index (χ1) is 10.5. The minimum atomic E-state index is -0.160. The maximum Gasteiger partial charge on any atom is 0.261 e. The van der Waals surface area contributed by atoms with Crippen molar-refractivity contribution in [2.75, 3.05) is 0 Å². The van der Waals surface area contributed by atoms with Crippen LogP contribution in [0.25, 0.3) is 0 Å². The molecule has 128 valence electrons. The number of hydrazine groups is 1. The standard InChI is InChI=1S/C18H34N2O2/c1-4-5-13-16(17(22)20-19)18(2,3)14-11-9-7-6-8-10-12-15-21/h13,15H,4-12,14,19H2,1-3H3,(H,20,22). The molecule has 0 aliphatic rings. The minimum Gasteiger partial charge on any atom is -0.303 e. The van der Waals surface area contributed by atoms with Crippen LogP contribution in [-0.2, 0) is 9.59 Å². The molecule has 0 fully saturated rings. The summed E-state index contributed by atoms with van der Waals surface area (Å²) in [5.74, 6) is 5.15. The zero-order valence-corrected chi connectivity index (χ0v) is 14.6. The fourth-order valence-corrected chi connectivity index (χ4v) is 2.68. The number of rotatable bonds is 13. The maximum absolute atomic E-state index is 12.0. The lowest BCUT2D eigenvalue weighted by molar-refractivity contribution is -0.118. The summed E-state index contributed by atoms with van der Waals surface area (Å²) in [5, 5.41) is 0. The summed E-state index contributed by atoms with van der Waals surface area (Å²) in [5.41, 5.74) is 2.94. The van der Waals surface area contributed by atoms with E-state index in [1.165, 1.54) is 19.3 Å². The summed E-state index contributed by atoms with van der Waals surface area (Å²) in [6.45, 7) is 6.34. The average Bonchev–Trinajstić information content (AvgIpc) is 2.49. The zero-order chi connectivity index (χ0) is 16.8. The number of aldehydes is 1. The number of hydrogen-bond acceptors (Lipinski definition) is 3. The van der Waals surface area contributed by atoms with Crippen molar-refractivity contribution in [1.82, 2.24) is 5.43 Å². The molecule has 0 unspecified atom stereocenters. The fraction of sp³-hybridized carbons (Fsp3) is 0.778. The number of nitrogens with one attached hydrogen (secondary N) is 1. The number of unbranched alkanes of at least 4 members (excludes halogenated alkanes) is 7. The van der Waals surface area contributed by atoms with Gasteiger partial charge in [0.1, 0.15) is 6.29 Å². The molecule has 0 spiro atoms. The van der Waals surface area contributed by atoms with Crippen molar-refractivity contribution in [3.05, 3.63) is 11.6 Å². The molecule has 0 aliphatic heterocycles. The van der Waals surface area contributed by atoms with E-state index < -0.39 is 0 Å². The van der Waals surface area contributed by atoms with Crippen LogP contribution in [0.3, 0.4) is 0 Å². The van der Waals surface area contributed by atoms with Crippen LogP contribution in [0.5, 0.6) is 0 Å². The summed E-state index contributed by atoms with van der Waals surface area (Å²) in [4.78, 5) is 22.2. The molecule has 0 heterocycles. The molecule has 4 nitrogen and oxygen atoms in total. The smallest absolute Gasteiger partial charge is 0.261 e. The van der Waals surface area contributed by atoms with E-state index in [2.05, 4.69) is 26.2 Å². The molecule has 0 aliphatic carbocycles. The Labute approximate surface area is 135 Å². The molecule has 0 aromatic heterocycles. The Morgan fingerprint density at radius 1 is 1.05 bits per heavy atom. The van der Waals surface area contributed by atoms with Crippen molar-refractivity contribution in [3.8, 4) is 0 Å². The summed E-state index contributed by atoms with van der Waals surface area (Å²) in [6.07, 6.45) is 13.5. The molecule has 0 saturated carbocycles. The van der Waals surface area contributed by atoms with Crippen LogP contribution in [-0.4, -0.2) is 12.2 Å². The molecule has 0 rings (SSSR count). The minimum absolute atomic E-state index is 0.143. The van der Waals surface area contributed by atoms with Crippen LogP contribution in [0.1, 0.15) is 85.0 Å². The van der Waals surface area contributed by atoms with Gasteiger partial charge in [0.25, 0.3) is 5.91 Å². The molecule has 0 atom stereocenters.